The Labute approximate surface area is 96.4 Å². The molecule has 0 spiro atoms. The largest absolute Gasteiger partial charge is 0.481 e. The highest BCUT2D eigenvalue weighted by molar-refractivity contribution is 5.42. The molecule has 1 fully saturated rings. The lowest BCUT2D eigenvalue weighted by Gasteiger charge is -2.37. The number of nitrogens with two attached hydrogens (primary N) is 1. The zero-order chi connectivity index (χ0) is 11.5. The first-order valence-electron chi connectivity index (χ1n) is 5.74. The van der Waals surface area contributed by atoms with Crippen molar-refractivity contribution < 1.29 is 4.74 Å². The van der Waals surface area contributed by atoms with Crippen molar-refractivity contribution in [2.75, 3.05) is 18.6 Å². The van der Waals surface area contributed by atoms with Gasteiger partial charge in [-0.15, -0.1) is 0 Å². The maximum Gasteiger partial charge on any atom is 0.214 e. The Hall–Kier alpha value is -1.29. The van der Waals surface area contributed by atoms with Crippen LogP contribution in [0, 0.1) is 0 Å². The van der Waals surface area contributed by atoms with Gasteiger partial charge >= 0.3 is 0 Å². The molecule has 1 aromatic rings. The summed E-state index contributed by atoms with van der Waals surface area (Å²) in [7, 11) is 1.64. The second-order valence-electron chi connectivity index (χ2n) is 4.37. The zero-order valence-corrected chi connectivity index (χ0v) is 9.89. The summed E-state index contributed by atoms with van der Waals surface area (Å²) in [6.07, 6.45) is 2.06. The number of pyridine rings is 1. The first-order valence-corrected chi connectivity index (χ1v) is 5.74. The molecule has 0 amide bonds. The summed E-state index contributed by atoms with van der Waals surface area (Å²) in [6.45, 7) is 3.17. The average Bonchev–Trinajstić information content (AvgIpc) is 2.29. The summed E-state index contributed by atoms with van der Waals surface area (Å²) in [6, 6.07) is 6.64. The lowest BCUT2D eigenvalue weighted by Crippen LogP contribution is -2.45. The SMILES string of the molecule is COc1cccc(N2CCC(N)CC2C)n1. The number of piperidine rings is 1. The number of anilines is 1. The smallest absolute Gasteiger partial charge is 0.214 e. The van der Waals surface area contributed by atoms with E-state index in [0.29, 0.717) is 18.0 Å². The molecule has 1 saturated heterocycles. The van der Waals surface area contributed by atoms with Crippen LogP contribution in [0.3, 0.4) is 0 Å². The van der Waals surface area contributed by atoms with E-state index >= 15 is 0 Å². The monoisotopic (exact) mass is 221 g/mol. The van der Waals surface area contributed by atoms with E-state index in [1.807, 2.05) is 18.2 Å². The van der Waals surface area contributed by atoms with E-state index in [1.165, 1.54) is 0 Å². The van der Waals surface area contributed by atoms with E-state index < -0.39 is 0 Å². The third kappa shape index (κ3) is 2.27. The van der Waals surface area contributed by atoms with Crippen LogP contribution in [0.5, 0.6) is 5.88 Å². The Morgan fingerprint density at radius 2 is 2.31 bits per heavy atom. The molecule has 1 aromatic heterocycles. The van der Waals surface area contributed by atoms with Gasteiger partial charge in [-0.2, -0.15) is 4.98 Å². The van der Waals surface area contributed by atoms with E-state index in [-0.39, 0.29) is 0 Å². The summed E-state index contributed by atoms with van der Waals surface area (Å²) in [5.41, 5.74) is 5.95. The van der Waals surface area contributed by atoms with Gasteiger partial charge in [0.05, 0.1) is 7.11 Å². The Morgan fingerprint density at radius 3 is 3.00 bits per heavy atom. The number of hydrogen-bond acceptors (Lipinski definition) is 4. The first-order chi connectivity index (χ1) is 7.70. The van der Waals surface area contributed by atoms with Crippen LogP contribution in [0.25, 0.3) is 0 Å². The van der Waals surface area contributed by atoms with Crippen LogP contribution >= 0.6 is 0 Å². The van der Waals surface area contributed by atoms with Crippen LogP contribution in [0.2, 0.25) is 0 Å². The molecule has 0 saturated carbocycles. The van der Waals surface area contributed by atoms with Crippen molar-refractivity contribution >= 4 is 5.82 Å². The number of methoxy groups -OCH3 is 1. The summed E-state index contributed by atoms with van der Waals surface area (Å²) >= 11 is 0. The maximum atomic E-state index is 5.95. The maximum absolute atomic E-state index is 5.95. The third-order valence-corrected chi connectivity index (χ3v) is 3.13. The molecule has 2 N–H and O–H groups in total. The molecule has 2 rings (SSSR count). The Bertz CT molecular complexity index is 356. The van der Waals surface area contributed by atoms with E-state index in [4.69, 9.17) is 10.5 Å². The molecule has 1 aliphatic heterocycles. The zero-order valence-electron chi connectivity index (χ0n) is 9.89. The van der Waals surface area contributed by atoms with Crippen molar-refractivity contribution in [2.45, 2.75) is 31.8 Å². The fraction of sp³-hybridized carbons (Fsp3) is 0.583. The molecular weight excluding hydrogens is 202 g/mol. The number of ether oxygens (including phenoxy) is 1. The summed E-state index contributed by atoms with van der Waals surface area (Å²) in [5, 5.41) is 0. The fourth-order valence-electron chi connectivity index (χ4n) is 2.23. The van der Waals surface area contributed by atoms with Gasteiger partial charge in [0, 0.05) is 24.7 Å². The van der Waals surface area contributed by atoms with Gasteiger partial charge in [-0.05, 0) is 25.8 Å². The molecule has 0 aliphatic carbocycles. The first kappa shape index (κ1) is 11.2. The predicted octanol–water partition coefficient (Wildman–Crippen LogP) is 1.41. The molecular formula is C12H19N3O. The number of nitrogens with zero attached hydrogens (tertiary/aromatic N) is 2. The van der Waals surface area contributed by atoms with Crippen molar-refractivity contribution in [1.29, 1.82) is 0 Å². The third-order valence-electron chi connectivity index (χ3n) is 3.13. The molecule has 16 heavy (non-hydrogen) atoms. The minimum Gasteiger partial charge on any atom is -0.481 e. The highest BCUT2D eigenvalue weighted by atomic mass is 16.5. The van der Waals surface area contributed by atoms with E-state index in [0.717, 1.165) is 25.2 Å². The average molecular weight is 221 g/mol. The van der Waals surface area contributed by atoms with E-state index in [1.54, 1.807) is 7.11 Å². The van der Waals surface area contributed by atoms with Gasteiger partial charge in [-0.25, -0.2) is 0 Å². The Morgan fingerprint density at radius 1 is 1.50 bits per heavy atom. The minimum absolute atomic E-state index is 0.330. The fourth-order valence-corrected chi connectivity index (χ4v) is 2.23. The predicted molar refractivity (Wildman–Crippen MR) is 64.8 cm³/mol. The summed E-state index contributed by atoms with van der Waals surface area (Å²) in [5.74, 6) is 1.65. The minimum atomic E-state index is 0.330. The second-order valence-corrected chi connectivity index (χ2v) is 4.37. The van der Waals surface area contributed by atoms with Crippen molar-refractivity contribution in [3.63, 3.8) is 0 Å². The van der Waals surface area contributed by atoms with Crippen LogP contribution in [0.15, 0.2) is 18.2 Å². The van der Waals surface area contributed by atoms with E-state index in [9.17, 15) is 0 Å². The molecule has 0 aromatic carbocycles. The van der Waals surface area contributed by atoms with Crippen molar-refractivity contribution in [1.82, 2.24) is 4.98 Å². The van der Waals surface area contributed by atoms with Gasteiger partial charge in [0.25, 0.3) is 0 Å². The number of rotatable bonds is 2. The molecule has 1 aliphatic rings. The van der Waals surface area contributed by atoms with Crippen LogP contribution < -0.4 is 15.4 Å². The molecule has 2 atom stereocenters. The molecule has 88 valence electrons. The van der Waals surface area contributed by atoms with Crippen molar-refractivity contribution in [2.24, 2.45) is 5.73 Å². The topological polar surface area (TPSA) is 51.4 Å². The lowest BCUT2D eigenvalue weighted by atomic mass is 9.99. The van der Waals surface area contributed by atoms with Crippen LogP contribution in [-0.4, -0.2) is 30.7 Å². The molecule has 2 unspecified atom stereocenters. The van der Waals surface area contributed by atoms with Gasteiger partial charge in [-0.3, -0.25) is 0 Å². The lowest BCUT2D eigenvalue weighted by molar-refractivity contribution is 0.393. The molecule has 2 heterocycles. The van der Waals surface area contributed by atoms with Crippen LogP contribution in [0.1, 0.15) is 19.8 Å². The van der Waals surface area contributed by atoms with Crippen molar-refractivity contribution in [3.8, 4) is 5.88 Å². The van der Waals surface area contributed by atoms with Crippen LogP contribution in [0.4, 0.5) is 5.82 Å². The molecule has 4 nitrogen and oxygen atoms in total. The summed E-state index contributed by atoms with van der Waals surface area (Å²) < 4.78 is 5.14. The highest BCUT2D eigenvalue weighted by Gasteiger charge is 2.24. The normalized spacial score (nSPS) is 25.6. The quantitative estimate of drug-likeness (QED) is 0.820. The Balaban J connectivity index is 2.16. The van der Waals surface area contributed by atoms with Gasteiger partial charge in [0.15, 0.2) is 0 Å². The molecule has 0 bridgehead atoms. The van der Waals surface area contributed by atoms with Crippen LogP contribution in [-0.2, 0) is 0 Å². The van der Waals surface area contributed by atoms with Gasteiger partial charge in [0.1, 0.15) is 5.82 Å². The molecule has 4 heteroatoms. The molecule has 0 radical (unpaired) electrons. The number of hydrogen-bond donors (Lipinski definition) is 1. The number of aromatic nitrogens is 1. The van der Waals surface area contributed by atoms with E-state index in [2.05, 4.69) is 16.8 Å². The van der Waals surface area contributed by atoms with Gasteiger partial charge in [0.2, 0.25) is 5.88 Å². The second kappa shape index (κ2) is 4.70. The van der Waals surface area contributed by atoms with Gasteiger partial charge in [-0.1, -0.05) is 6.07 Å². The van der Waals surface area contributed by atoms with Crippen molar-refractivity contribution in [3.05, 3.63) is 18.2 Å². The van der Waals surface area contributed by atoms with Gasteiger partial charge < -0.3 is 15.4 Å². The standard InChI is InChI=1S/C12H19N3O/c1-9-8-10(13)6-7-15(9)11-4-3-5-12(14-11)16-2/h3-5,9-10H,6-8,13H2,1-2H3. The summed E-state index contributed by atoms with van der Waals surface area (Å²) in [4.78, 5) is 6.75. The Kier molecular flexibility index (Phi) is 3.29. The highest BCUT2D eigenvalue weighted by Crippen LogP contribution is 2.23.